The number of hydrogen-bond acceptors (Lipinski definition) is 0. The first-order valence-corrected chi connectivity index (χ1v) is 6.26. The fraction of sp³-hybridized carbons (Fsp3) is 0.714. The van der Waals surface area contributed by atoms with Crippen LogP contribution in [0.25, 0.3) is 0 Å². The van der Waals surface area contributed by atoms with Gasteiger partial charge in [0.15, 0.2) is 0 Å². The zero-order chi connectivity index (χ0) is 11.2. The van der Waals surface area contributed by atoms with Crippen LogP contribution in [0.1, 0.15) is 58.3 Å². The molecule has 0 saturated carbocycles. The van der Waals surface area contributed by atoms with Crippen molar-refractivity contribution in [1.29, 1.82) is 0 Å². The van der Waals surface area contributed by atoms with Crippen LogP contribution in [0.3, 0.4) is 0 Å². The predicted octanol–water partition coefficient (Wildman–Crippen LogP) is 4.67. The van der Waals surface area contributed by atoms with Crippen LogP contribution in [0.2, 0.25) is 0 Å². The van der Waals surface area contributed by atoms with Crippen LogP contribution in [0, 0.1) is 0 Å². The molecule has 0 fully saturated rings. The Morgan fingerprint density at radius 2 is 1.47 bits per heavy atom. The molecule has 0 atom stereocenters. The first-order chi connectivity index (χ1) is 7.41. The van der Waals surface area contributed by atoms with Gasteiger partial charge in [-0.2, -0.15) is 0 Å². The lowest BCUT2D eigenvalue weighted by Crippen LogP contribution is -1.82. The normalized spacial score (nSPS) is 11.9. The van der Waals surface area contributed by atoms with Crippen LogP contribution < -0.4 is 0 Å². The second-order valence-electron chi connectivity index (χ2n) is 3.89. The largest absolute Gasteiger partial charge is 0.237 e. The van der Waals surface area contributed by atoms with Crippen LogP contribution in [-0.2, 0) is 5.11 Å². The summed E-state index contributed by atoms with van der Waals surface area (Å²) < 4.78 is 0. The minimum atomic E-state index is 0.105. The van der Waals surface area contributed by atoms with Gasteiger partial charge in [0, 0.05) is 0 Å². The molecule has 0 saturated heterocycles. The quantitative estimate of drug-likeness (QED) is 0.368. The molecule has 0 aromatic heterocycles. The summed E-state index contributed by atoms with van der Waals surface area (Å²) >= 11 is 0. The molecular weight excluding hydrogens is 184 g/mol. The van der Waals surface area contributed by atoms with Crippen LogP contribution in [-0.4, -0.2) is 6.61 Å². The maximum absolute atomic E-state index is 10.2. The summed E-state index contributed by atoms with van der Waals surface area (Å²) in [6.45, 7) is 2.16. The van der Waals surface area contributed by atoms with Crippen LogP contribution in [0.15, 0.2) is 24.3 Å². The highest BCUT2D eigenvalue weighted by Crippen LogP contribution is 2.07. The third kappa shape index (κ3) is 13.4. The van der Waals surface area contributed by atoms with E-state index in [2.05, 4.69) is 31.2 Å². The van der Waals surface area contributed by atoms with Gasteiger partial charge < -0.3 is 0 Å². The smallest absolute Gasteiger partial charge is 0.0822 e. The maximum atomic E-state index is 10.2. The summed E-state index contributed by atoms with van der Waals surface area (Å²) in [7, 11) is 0. The Hall–Kier alpha value is -0.560. The highest BCUT2D eigenvalue weighted by molar-refractivity contribution is 4.91. The molecule has 1 heteroatoms. The molecule has 1 nitrogen and oxygen atoms in total. The molecule has 0 aliphatic rings. The lowest BCUT2D eigenvalue weighted by molar-refractivity contribution is 0.186. The van der Waals surface area contributed by atoms with Crippen LogP contribution >= 0.6 is 0 Å². The summed E-state index contributed by atoms with van der Waals surface area (Å²) in [5.74, 6) is 0. The van der Waals surface area contributed by atoms with E-state index in [9.17, 15) is 5.11 Å². The molecule has 0 aromatic rings. The Morgan fingerprint density at radius 1 is 0.800 bits per heavy atom. The van der Waals surface area contributed by atoms with Crippen molar-refractivity contribution in [2.75, 3.05) is 6.61 Å². The third-order valence-corrected chi connectivity index (χ3v) is 2.44. The van der Waals surface area contributed by atoms with Gasteiger partial charge in [0.1, 0.15) is 0 Å². The average molecular weight is 209 g/mol. The summed E-state index contributed by atoms with van der Waals surface area (Å²) in [5.41, 5.74) is 0. The highest BCUT2D eigenvalue weighted by Gasteiger charge is 1.89. The van der Waals surface area contributed by atoms with E-state index in [0.29, 0.717) is 0 Å². The SMILES string of the molecule is C/C=C/C/C=C/CCCCCCCC[O]. The van der Waals surface area contributed by atoms with E-state index in [1.54, 1.807) is 0 Å². The van der Waals surface area contributed by atoms with Crippen molar-refractivity contribution in [3.05, 3.63) is 24.3 Å². The number of rotatable bonds is 10. The van der Waals surface area contributed by atoms with Gasteiger partial charge in [-0.05, 0) is 32.6 Å². The summed E-state index contributed by atoms with van der Waals surface area (Å²) in [5, 5.41) is 10.2. The minimum Gasteiger partial charge on any atom is -0.237 e. The minimum absolute atomic E-state index is 0.105. The molecule has 0 heterocycles. The molecule has 0 bridgehead atoms. The monoisotopic (exact) mass is 209 g/mol. The third-order valence-electron chi connectivity index (χ3n) is 2.44. The molecule has 0 rings (SSSR count). The molecule has 0 aliphatic heterocycles. The van der Waals surface area contributed by atoms with Gasteiger partial charge in [-0.15, -0.1) is 0 Å². The van der Waals surface area contributed by atoms with Crippen LogP contribution in [0.4, 0.5) is 0 Å². The molecule has 87 valence electrons. The van der Waals surface area contributed by atoms with Crippen molar-refractivity contribution >= 4 is 0 Å². The van der Waals surface area contributed by atoms with Crippen molar-refractivity contribution in [2.45, 2.75) is 58.3 Å². The standard InChI is InChI=1S/C14H25O/c1-2-3-4-5-6-7-8-9-10-11-12-13-14-15/h2-3,5-6H,4,7-14H2,1H3/b3-2+,6-5+. The second-order valence-corrected chi connectivity index (χ2v) is 3.89. The number of unbranched alkanes of at least 4 members (excludes halogenated alkanes) is 6. The van der Waals surface area contributed by atoms with Gasteiger partial charge in [-0.1, -0.05) is 50.0 Å². The van der Waals surface area contributed by atoms with Gasteiger partial charge in [0.25, 0.3) is 0 Å². The van der Waals surface area contributed by atoms with Crippen molar-refractivity contribution in [1.82, 2.24) is 0 Å². The van der Waals surface area contributed by atoms with E-state index in [-0.39, 0.29) is 6.61 Å². The van der Waals surface area contributed by atoms with Crippen molar-refractivity contribution in [3.63, 3.8) is 0 Å². The van der Waals surface area contributed by atoms with E-state index in [0.717, 1.165) is 19.3 Å². The molecule has 15 heavy (non-hydrogen) atoms. The lowest BCUT2D eigenvalue weighted by Gasteiger charge is -1.98. The Balaban J connectivity index is 3.01. The fourth-order valence-electron chi connectivity index (χ4n) is 1.50. The van der Waals surface area contributed by atoms with E-state index < -0.39 is 0 Å². The second kappa shape index (κ2) is 13.4. The summed E-state index contributed by atoms with van der Waals surface area (Å²) in [6, 6.07) is 0. The Labute approximate surface area is 94.9 Å². The number of hydrogen-bond donors (Lipinski definition) is 0. The first-order valence-electron chi connectivity index (χ1n) is 6.26. The molecule has 0 unspecified atom stereocenters. The molecule has 1 radical (unpaired) electrons. The zero-order valence-electron chi connectivity index (χ0n) is 10.1. The van der Waals surface area contributed by atoms with Gasteiger partial charge in [-0.3, -0.25) is 0 Å². The van der Waals surface area contributed by atoms with Crippen molar-refractivity contribution in [3.8, 4) is 0 Å². The Bertz CT molecular complexity index is 159. The van der Waals surface area contributed by atoms with Gasteiger partial charge in [0.05, 0.1) is 6.61 Å². The first kappa shape index (κ1) is 14.4. The van der Waals surface area contributed by atoms with E-state index in [1.807, 2.05) is 0 Å². The molecule has 0 N–H and O–H groups in total. The van der Waals surface area contributed by atoms with Gasteiger partial charge >= 0.3 is 0 Å². The fourth-order valence-corrected chi connectivity index (χ4v) is 1.50. The highest BCUT2D eigenvalue weighted by atomic mass is 16.2. The van der Waals surface area contributed by atoms with Crippen LogP contribution in [0.5, 0.6) is 0 Å². The van der Waals surface area contributed by atoms with E-state index in [4.69, 9.17) is 0 Å². The summed E-state index contributed by atoms with van der Waals surface area (Å²) in [6.07, 6.45) is 18.2. The predicted molar refractivity (Wildman–Crippen MR) is 66.4 cm³/mol. The molecule has 0 aromatic carbocycles. The number of allylic oxidation sites excluding steroid dienone is 4. The van der Waals surface area contributed by atoms with E-state index >= 15 is 0 Å². The maximum Gasteiger partial charge on any atom is 0.0822 e. The Morgan fingerprint density at radius 3 is 2.13 bits per heavy atom. The molecular formula is C14H25O. The lowest BCUT2D eigenvalue weighted by atomic mass is 10.1. The topological polar surface area (TPSA) is 19.9 Å². The van der Waals surface area contributed by atoms with Crippen molar-refractivity contribution in [2.24, 2.45) is 0 Å². The van der Waals surface area contributed by atoms with Gasteiger partial charge in [0.2, 0.25) is 0 Å². The molecule has 0 amide bonds. The summed E-state index contributed by atoms with van der Waals surface area (Å²) in [4.78, 5) is 0. The Kier molecular flexibility index (Phi) is 12.9. The average Bonchev–Trinajstić information content (AvgIpc) is 2.26. The van der Waals surface area contributed by atoms with E-state index in [1.165, 1.54) is 32.1 Å². The zero-order valence-corrected chi connectivity index (χ0v) is 10.1. The molecule has 0 aliphatic carbocycles. The van der Waals surface area contributed by atoms with Gasteiger partial charge in [-0.25, -0.2) is 5.11 Å². The molecule has 0 spiro atoms. The van der Waals surface area contributed by atoms with Crippen molar-refractivity contribution < 1.29 is 5.11 Å².